The molecule has 9 heteroatoms. The summed E-state index contributed by atoms with van der Waals surface area (Å²) in [6.07, 6.45) is 0.733. The number of hydrogen-bond donors (Lipinski definition) is 0. The summed E-state index contributed by atoms with van der Waals surface area (Å²) in [5.74, 6) is -0.741. The van der Waals surface area contributed by atoms with E-state index in [1.54, 1.807) is 24.0 Å². The third-order valence-electron chi connectivity index (χ3n) is 4.84. The van der Waals surface area contributed by atoms with Crippen molar-refractivity contribution in [2.45, 2.75) is 31.9 Å². The fourth-order valence-corrected chi connectivity index (χ4v) is 4.63. The van der Waals surface area contributed by atoms with Crippen LogP contribution in [0.1, 0.15) is 25.3 Å². The minimum absolute atomic E-state index is 0.176. The Morgan fingerprint density at radius 1 is 1.27 bits per heavy atom. The molecule has 0 radical (unpaired) electrons. The van der Waals surface area contributed by atoms with Crippen molar-refractivity contribution in [1.82, 2.24) is 9.21 Å². The molecule has 2 heterocycles. The van der Waals surface area contributed by atoms with E-state index >= 15 is 0 Å². The Morgan fingerprint density at radius 2 is 1.92 bits per heavy atom. The maximum atomic E-state index is 13.1. The average Bonchev–Trinajstić information content (AvgIpc) is 2.61. The second-order valence-electron chi connectivity index (χ2n) is 6.64. The number of halogens is 1. The number of amides is 1. The summed E-state index contributed by atoms with van der Waals surface area (Å²) in [4.78, 5) is 13.4. The lowest BCUT2D eigenvalue weighted by molar-refractivity contribution is -0.0861. The van der Waals surface area contributed by atoms with E-state index in [0.717, 1.165) is 5.56 Å². The van der Waals surface area contributed by atoms with Gasteiger partial charge in [-0.1, -0.05) is 12.1 Å². The minimum atomic E-state index is -3.53. The molecule has 1 amide bonds. The molecule has 0 aliphatic carbocycles. The van der Waals surface area contributed by atoms with E-state index in [2.05, 4.69) is 0 Å². The van der Waals surface area contributed by atoms with Gasteiger partial charge in [0.1, 0.15) is 5.82 Å². The summed E-state index contributed by atoms with van der Waals surface area (Å²) < 4.78 is 50.0. The van der Waals surface area contributed by atoms with Crippen molar-refractivity contribution in [3.8, 4) is 0 Å². The molecular formula is C17H23FN2O5S. The molecule has 7 nitrogen and oxygen atoms in total. The van der Waals surface area contributed by atoms with E-state index < -0.39 is 15.6 Å². The number of sulfonamides is 1. The maximum absolute atomic E-state index is 13.1. The Morgan fingerprint density at radius 3 is 2.54 bits per heavy atom. The second-order valence-corrected chi connectivity index (χ2v) is 8.55. The van der Waals surface area contributed by atoms with Gasteiger partial charge in [0.25, 0.3) is 0 Å². The lowest BCUT2D eigenvalue weighted by Crippen LogP contribution is -2.58. The Bertz CT molecular complexity index is 745. The van der Waals surface area contributed by atoms with E-state index in [0.29, 0.717) is 32.5 Å². The van der Waals surface area contributed by atoms with Crippen LogP contribution >= 0.6 is 0 Å². The van der Waals surface area contributed by atoms with E-state index in [4.69, 9.17) is 9.47 Å². The highest BCUT2D eigenvalue weighted by atomic mass is 32.2. The van der Waals surface area contributed by atoms with E-state index in [1.165, 1.54) is 16.4 Å². The van der Waals surface area contributed by atoms with Crippen molar-refractivity contribution < 1.29 is 27.1 Å². The number of likely N-dealkylation sites (tertiary alicyclic amines) is 1. The monoisotopic (exact) mass is 386 g/mol. The standard InChI is InChI=1S/C17H23FN2O5S/c1-2-24-16(21)19-9-7-17(8-10-19)12-20(26(22,23)13-25-17)11-14-3-5-15(18)6-4-14/h3-6H,2,7-13H2,1H3. The van der Waals surface area contributed by atoms with Crippen molar-refractivity contribution in [3.63, 3.8) is 0 Å². The molecule has 26 heavy (non-hydrogen) atoms. The zero-order chi connectivity index (χ0) is 18.8. The normalized spacial score (nSPS) is 22.3. The van der Waals surface area contributed by atoms with Crippen LogP contribution in [-0.4, -0.2) is 61.5 Å². The molecule has 1 aromatic carbocycles. The summed E-state index contributed by atoms with van der Waals surface area (Å²) in [7, 11) is -3.53. The van der Waals surface area contributed by atoms with Gasteiger partial charge in [-0.25, -0.2) is 17.6 Å². The average molecular weight is 386 g/mol. The molecule has 0 bridgehead atoms. The molecule has 0 aromatic heterocycles. The van der Waals surface area contributed by atoms with Gasteiger partial charge in [0.2, 0.25) is 10.0 Å². The van der Waals surface area contributed by atoms with Gasteiger partial charge in [0, 0.05) is 26.2 Å². The van der Waals surface area contributed by atoms with Crippen LogP contribution in [0.5, 0.6) is 0 Å². The molecule has 2 saturated heterocycles. The first-order valence-electron chi connectivity index (χ1n) is 8.61. The minimum Gasteiger partial charge on any atom is -0.450 e. The molecular weight excluding hydrogens is 363 g/mol. The first kappa shape index (κ1) is 19.1. The first-order valence-corrected chi connectivity index (χ1v) is 10.2. The SMILES string of the molecule is CCOC(=O)N1CCC2(CC1)CN(Cc1ccc(F)cc1)S(=O)(=O)CO2. The topological polar surface area (TPSA) is 76.2 Å². The number of carbonyl (C=O) groups excluding carboxylic acids is 1. The van der Waals surface area contributed by atoms with Crippen LogP contribution in [0, 0.1) is 5.82 Å². The van der Waals surface area contributed by atoms with Crippen LogP contribution in [0.4, 0.5) is 9.18 Å². The number of nitrogens with zero attached hydrogens (tertiary/aromatic N) is 2. The third-order valence-corrected chi connectivity index (χ3v) is 6.31. The molecule has 2 aliphatic heterocycles. The maximum Gasteiger partial charge on any atom is 0.409 e. The van der Waals surface area contributed by atoms with E-state index in [1.807, 2.05) is 0 Å². The predicted molar refractivity (Wildman–Crippen MR) is 92.2 cm³/mol. The van der Waals surface area contributed by atoms with Crippen molar-refractivity contribution in [1.29, 1.82) is 0 Å². The second kappa shape index (κ2) is 7.50. The molecule has 2 aliphatic rings. The zero-order valence-electron chi connectivity index (χ0n) is 14.7. The molecule has 3 rings (SSSR count). The summed E-state index contributed by atoms with van der Waals surface area (Å²) in [5, 5.41) is 0. The lowest BCUT2D eigenvalue weighted by Gasteiger charge is -2.46. The number of piperidine rings is 1. The zero-order valence-corrected chi connectivity index (χ0v) is 15.5. The number of ether oxygens (including phenoxy) is 2. The molecule has 1 aromatic rings. The van der Waals surface area contributed by atoms with Crippen LogP contribution in [-0.2, 0) is 26.0 Å². The molecule has 2 fully saturated rings. The summed E-state index contributed by atoms with van der Waals surface area (Å²) in [6.45, 7) is 3.40. The molecule has 0 N–H and O–H groups in total. The van der Waals surface area contributed by atoms with Gasteiger partial charge < -0.3 is 14.4 Å². The quantitative estimate of drug-likeness (QED) is 0.794. The summed E-state index contributed by atoms with van der Waals surface area (Å²) in [6, 6.07) is 5.79. The smallest absolute Gasteiger partial charge is 0.409 e. The molecule has 0 saturated carbocycles. The van der Waals surface area contributed by atoms with Crippen molar-refractivity contribution >= 4 is 16.1 Å². The van der Waals surface area contributed by atoms with Gasteiger partial charge in [-0.15, -0.1) is 0 Å². The first-order chi connectivity index (χ1) is 12.3. The fourth-order valence-electron chi connectivity index (χ4n) is 3.30. The Kier molecular flexibility index (Phi) is 5.50. The van der Waals surface area contributed by atoms with Crippen molar-refractivity contribution in [2.75, 3.05) is 32.2 Å². The van der Waals surface area contributed by atoms with Crippen molar-refractivity contribution in [2.24, 2.45) is 0 Å². The highest BCUT2D eigenvalue weighted by Gasteiger charge is 2.45. The van der Waals surface area contributed by atoms with Gasteiger partial charge in [0.15, 0.2) is 5.94 Å². The molecule has 0 atom stereocenters. The van der Waals surface area contributed by atoms with Gasteiger partial charge >= 0.3 is 6.09 Å². The fraction of sp³-hybridized carbons (Fsp3) is 0.588. The number of benzene rings is 1. The summed E-state index contributed by atoms with van der Waals surface area (Å²) in [5.41, 5.74) is 0.116. The van der Waals surface area contributed by atoms with Crippen molar-refractivity contribution in [3.05, 3.63) is 35.6 Å². The van der Waals surface area contributed by atoms with Gasteiger partial charge in [-0.2, -0.15) is 4.31 Å². The predicted octanol–water partition coefficient (Wildman–Crippen LogP) is 1.94. The number of carbonyl (C=O) groups is 1. The Hall–Kier alpha value is -1.71. The molecule has 144 valence electrons. The highest BCUT2D eigenvalue weighted by Crippen LogP contribution is 2.33. The Labute approximate surface area is 152 Å². The third kappa shape index (κ3) is 4.16. The van der Waals surface area contributed by atoms with Crippen LogP contribution < -0.4 is 0 Å². The molecule has 1 spiro atoms. The van der Waals surface area contributed by atoms with Crippen LogP contribution in [0.25, 0.3) is 0 Å². The van der Waals surface area contributed by atoms with E-state index in [9.17, 15) is 17.6 Å². The van der Waals surface area contributed by atoms with Gasteiger partial charge in [-0.3, -0.25) is 0 Å². The molecule has 0 unspecified atom stereocenters. The van der Waals surface area contributed by atoms with Crippen LogP contribution in [0.3, 0.4) is 0 Å². The van der Waals surface area contributed by atoms with Gasteiger partial charge in [-0.05, 0) is 37.5 Å². The lowest BCUT2D eigenvalue weighted by atomic mass is 9.91. The number of hydrogen-bond acceptors (Lipinski definition) is 5. The van der Waals surface area contributed by atoms with E-state index in [-0.39, 0.29) is 30.9 Å². The highest BCUT2D eigenvalue weighted by molar-refractivity contribution is 7.88. The largest absolute Gasteiger partial charge is 0.450 e. The van der Waals surface area contributed by atoms with Crippen LogP contribution in [0.15, 0.2) is 24.3 Å². The number of rotatable bonds is 3. The summed E-state index contributed by atoms with van der Waals surface area (Å²) >= 11 is 0. The van der Waals surface area contributed by atoms with Gasteiger partial charge in [0.05, 0.1) is 12.2 Å². The Balaban J connectivity index is 1.68. The van der Waals surface area contributed by atoms with Crippen LogP contribution in [0.2, 0.25) is 0 Å².